The number of hydrogen-bond acceptors (Lipinski definition) is 2. The molecule has 0 fully saturated rings. The molecule has 0 aliphatic carbocycles. The highest BCUT2D eigenvalue weighted by atomic mass is 79.9. The van der Waals surface area contributed by atoms with Crippen LogP contribution in [0.1, 0.15) is 35.9 Å². The third-order valence-electron chi connectivity index (χ3n) is 3.98. The Balaban J connectivity index is 1.91. The summed E-state index contributed by atoms with van der Waals surface area (Å²) in [5.74, 6) is -0.0499. The van der Waals surface area contributed by atoms with E-state index < -0.39 is 0 Å². The van der Waals surface area contributed by atoms with Gasteiger partial charge in [0.2, 0.25) is 0 Å². The molecule has 1 aromatic carbocycles. The van der Waals surface area contributed by atoms with E-state index in [0.717, 1.165) is 20.3 Å². The number of carbonyl (C=O) groups excluding carboxylic acids is 1. The standard InChI is InChI=1S/C19H19BrN2OS/c1-3-4-10-22-16(11-17-18(22)15(20)12-24-17)19(23)21-13(2)14-8-6-5-7-9-14/h3-9,11-13H,10H2,1-2H3,(H,21,23)/b4-3+/t13-/m0/s1. The van der Waals surface area contributed by atoms with Gasteiger partial charge < -0.3 is 9.88 Å². The number of halogens is 1. The summed E-state index contributed by atoms with van der Waals surface area (Å²) < 4.78 is 4.20. The molecule has 2 aromatic heterocycles. The van der Waals surface area contributed by atoms with Gasteiger partial charge in [-0.3, -0.25) is 4.79 Å². The van der Waals surface area contributed by atoms with Crippen LogP contribution in [0.5, 0.6) is 0 Å². The second-order valence-electron chi connectivity index (χ2n) is 5.61. The number of amides is 1. The number of nitrogens with zero attached hydrogens (tertiary/aromatic N) is 1. The monoisotopic (exact) mass is 402 g/mol. The fourth-order valence-corrected chi connectivity index (χ4v) is 4.41. The average Bonchev–Trinajstić information content (AvgIpc) is 3.14. The minimum atomic E-state index is -0.0499. The molecule has 0 saturated heterocycles. The molecule has 1 amide bonds. The highest BCUT2D eigenvalue weighted by Gasteiger charge is 2.19. The molecule has 3 nitrogen and oxygen atoms in total. The quantitative estimate of drug-likeness (QED) is 0.559. The first-order valence-electron chi connectivity index (χ1n) is 7.85. The minimum absolute atomic E-state index is 0.0368. The second-order valence-corrected chi connectivity index (χ2v) is 7.38. The molecule has 0 unspecified atom stereocenters. The smallest absolute Gasteiger partial charge is 0.268 e. The van der Waals surface area contributed by atoms with Gasteiger partial charge in [0, 0.05) is 11.9 Å². The van der Waals surface area contributed by atoms with Crippen molar-refractivity contribution in [3.63, 3.8) is 0 Å². The van der Waals surface area contributed by atoms with Crippen LogP contribution in [0.15, 0.2) is 58.4 Å². The van der Waals surface area contributed by atoms with Crippen molar-refractivity contribution in [1.82, 2.24) is 9.88 Å². The predicted molar refractivity (Wildman–Crippen MR) is 105 cm³/mol. The molecule has 1 N–H and O–H groups in total. The van der Waals surface area contributed by atoms with Crippen molar-refractivity contribution in [2.45, 2.75) is 26.4 Å². The summed E-state index contributed by atoms with van der Waals surface area (Å²) in [4.78, 5) is 12.8. The average molecular weight is 403 g/mol. The van der Waals surface area contributed by atoms with Crippen molar-refractivity contribution in [3.8, 4) is 0 Å². The Morgan fingerprint density at radius 2 is 2.12 bits per heavy atom. The molecule has 0 aliphatic rings. The highest BCUT2D eigenvalue weighted by molar-refractivity contribution is 9.10. The lowest BCUT2D eigenvalue weighted by Gasteiger charge is -2.15. The first-order valence-corrected chi connectivity index (χ1v) is 9.52. The van der Waals surface area contributed by atoms with Crippen LogP contribution in [0.3, 0.4) is 0 Å². The minimum Gasteiger partial charge on any atom is -0.344 e. The molecule has 1 atom stereocenters. The van der Waals surface area contributed by atoms with Gasteiger partial charge in [0.25, 0.3) is 5.91 Å². The van der Waals surface area contributed by atoms with Crippen LogP contribution < -0.4 is 5.32 Å². The maximum Gasteiger partial charge on any atom is 0.268 e. The van der Waals surface area contributed by atoms with Crippen molar-refractivity contribution < 1.29 is 4.79 Å². The largest absolute Gasteiger partial charge is 0.344 e. The Hall–Kier alpha value is -1.85. The van der Waals surface area contributed by atoms with Crippen molar-refractivity contribution in [2.75, 3.05) is 0 Å². The van der Waals surface area contributed by atoms with Crippen molar-refractivity contribution in [1.29, 1.82) is 0 Å². The molecular formula is C19H19BrN2OS. The van der Waals surface area contributed by atoms with Crippen LogP contribution in [-0.2, 0) is 6.54 Å². The Kier molecular flexibility index (Phi) is 5.21. The van der Waals surface area contributed by atoms with Gasteiger partial charge in [-0.25, -0.2) is 0 Å². The van der Waals surface area contributed by atoms with Crippen LogP contribution in [0.25, 0.3) is 10.2 Å². The number of thiophene rings is 1. The molecule has 124 valence electrons. The molecule has 2 heterocycles. The van der Waals surface area contributed by atoms with Crippen LogP contribution in [0.2, 0.25) is 0 Å². The third-order valence-corrected chi connectivity index (χ3v) is 5.81. The Labute approximate surface area is 154 Å². The van der Waals surface area contributed by atoms with Gasteiger partial charge in [-0.1, -0.05) is 42.5 Å². The molecule has 3 rings (SSSR count). The zero-order chi connectivity index (χ0) is 17.1. The van der Waals surface area contributed by atoms with Gasteiger partial charge in [-0.2, -0.15) is 0 Å². The van der Waals surface area contributed by atoms with E-state index in [1.165, 1.54) is 0 Å². The molecule has 0 bridgehead atoms. The van der Waals surface area contributed by atoms with Crippen LogP contribution in [0, 0.1) is 0 Å². The van der Waals surface area contributed by atoms with Crippen molar-refractivity contribution in [3.05, 3.63) is 69.7 Å². The summed E-state index contributed by atoms with van der Waals surface area (Å²) in [6, 6.07) is 11.9. The van der Waals surface area contributed by atoms with Gasteiger partial charge in [0.05, 0.1) is 20.7 Å². The first kappa shape index (κ1) is 17.0. The zero-order valence-electron chi connectivity index (χ0n) is 13.6. The second kappa shape index (κ2) is 7.36. The maximum atomic E-state index is 12.8. The van der Waals surface area contributed by atoms with E-state index in [0.29, 0.717) is 12.2 Å². The molecule has 5 heteroatoms. The lowest BCUT2D eigenvalue weighted by atomic mass is 10.1. The van der Waals surface area contributed by atoms with Crippen molar-refractivity contribution in [2.24, 2.45) is 0 Å². The number of allylic oxidation sites excluding steroid dienone is 2. The Bertz CT molecular complexity index is 880. The normalized spacial score (nSPS) is 12.8. The number of hydrogen-bond donors (Lipinski definition) is 1. The van der Waals surface area contributed by atoms with E-state index in [1.807, 2.05) is 56.3 Å². The van der Waals surface area contributed by atoms with E-state index in [-0.39, 0.29) is 11.9 Å². The lowest BCUT2D eigenvalue weighted by Crippen LogP contribution is -2.28. The van der Waals surface area contributed by atoms with Crippen LogP contribution in [0.4, 0.5) is 0 Å². The number of carbonyl (C=O) groups is 1. The van der Waals surface area contributed by atoms with Gasteiger partial charge in [0.15, 0.2) is 0 Å². The first-order chi connectivity index (χ1) is 11.6. The molecule has 24 heavy (non-hydrogen) atoms. The van der Waals surface area contributed by atoms with E-state index in [2.05, 4.69) is 37.3 Å². The number of rotatable bonds is 5. The molecule has 0 radical (unpaired) electrons. The Morgan fingerprint density at radius 1 is 1.38 bits per heavy atom. The Morgan fingerprint density at radius 3 is 2.83 bits per heavy atom. The summed E-state index contributed by atoms with van der Waals surface area (Å²) >= 11 is 5.24. The summed E-state index contributed by atoms with van der Waals surface area (Å²) in [5.41, 5.74) is 2.87. The van der Waals surface area contributed by atoms with Gasteiger partial charge in [-0.15, -0.1) is 11.3 Å². The topological polar surface area (TPSA) is 34.0 Å². The maximum absolute atomic E-state index is 12.8. The molecule has 0 aliphatic heterocycles. The van der Waals surface area contributed by atoms with Crippen LogP contribution in [-0.4, -0.2) is 10.5 Å². The molecule has 3 aromatic rings. The summed E-state index contributed by atoms with van der Waals surface area (Å²) in [6.45, 7) is 4.67. The predicted octanol–water partition coefficient (Wildman–Crippen LogP) is 5.53. The summed E-state index contributed by atoms with van der Waals surface area (Å²) in [7, 11) is 0. The molecule has 0 spiro atoms. The van der Waals surface area contributed by atoms with Crippen LogP contribution >= 0.6 is 27.3 Å². The van der Waals surface area contributed by atoms with E-state index >= 15 is 0 Å². The van der Waals surface area contributed by atoms with E-state index in [1.54, 1.807) is 11.3 Å². The number of fused-ring (bicyclic) bond motifs is 1. The van der Waals surface area contributed by atoms with Gasteiger partial charge in [-0.05, 0) is 41.4 Å². The summed E-state index contributed by atoms with van der Waals surface area (Å²) in [6.07, 6.45) is 4.06. The molecule has 0 saturated carbocycles. The number of aromatic nitrogens is 1. The van der Waals surface area contributed by atoms with E-state index in [9.17, 15) is 4.79 Å². The fourth-order valence-electron chi connectivity index (χ4n) is 2.72. The SMILES string of the molecule is C/C=C/Cn1c(C(=O)N[C@@H](C)c2ccccc2)cc2scc(Br)c21. The molecular weight excluding hydrogens is 384 g/mol. The fraction of sp³-hybridized carbons (Fsp3) is 0.211. The summed E-state index contributed by atoms with van der Waals surface area (Å²) in [5, 5.41) is 5.17. The highest BCUT2D eigenvalue weighted by Crippen LogP contribution is 2.33. The van der Waals surface area contributed by atoms with Gasteiger partial charge in [0.1, 0.15) is 5.69 Å². The lowest BCUT2D eigenvalue weighted by molar-refractivity contribution is 0.0931. The number of benzene rings is 1. The third kappa shape index (κ3) is 3.32. The number of nitrogens with one attached hydrogen (secondary N) is 1. The van der Waals surface area contributed by atoms with Gasteiger partial charge >= 0.3 is 0 Å². The van der Waals surface area contributed by atoms with E-state index in [4.69, 9.17) is 0 Å². The zero-order valence-corrected chi connectivity index (χ0v) is 16.0. The van der Waals surface area contributed by atoms with Crippen molar-refractivity contribution >= 4 is 43.4 Å².